The zero-order chi connectivity index (χ0) is 30.3. The highest BCUT2D eigenvalue weighted by Crippen LogP contribution is 2.44. The van der Waals surface area contributed by atoms with E-state index in [0.29, 0.717) is 5.56 Å². The highest BCUT2D eigenvalue weighted by Gasteiger charge is 2.53. The van der Waals surface area contributed by atoms with Gasteiger partial charge in [0.15, 0.2) is 29.7 Å². The predicted molar refractivity (Wildman–Crippen MR) is 136 cm³/mol. The molecular weight excluding hydrogens is 564 g/mol. The number of aliphatic hydroxyl groups excluding tert-OH is 5. The number of carbonyl (C=O) groups is 1. The molecule has 2 saturated heterocycles. The molecule has 2 aromatic carbocycles. The van der Waals surface area contributed by atoms with Gasteiger partial charge < -0.3 is 69.3 Å². The Morgan fingerprint density at radius 3 is 2.45 bits per heavy atom. The van der Waals surface area contributed by atoms with Crippen LogP contribution in [0.15, 0.2) is 30.3 Å². The zero-order valence-electron chi connectivity index (χ0n) is 22.3. The predicted octanol–water partition coefficient (Wildman–Crippen LogP) is -1.54. The van der Waals surface area contributed by atoms with E-state index in [4.69, 9.17) is 28.4 Å². The summed E-state index contributed by atoms with van der Waals surface area (Å²) in [6.07, 6.45) is -12.2. The van der Waals surface area contributed by atoms with Gasteiger partial charge in [-0.05, 0) is 17.7 Å². The van der Waals surface area contributed by atoms with Gasteiger partial charge in [-0.3, -0.25) is 4.79 Å². The molecule has 42 heavy (non-hydrogen) atoms. The first-order chi connectivity index (χ1) is 20.0. The van der Waals surface area contributed by atoms with Crippen molar-refractivity contribution < 1.29 is 74.1 Å². The number of benzene rings is 2. The molecular formula is C27H32O15. The minimum atomic E-state index is -2.04. The van der Waals surface area contributed by atoms with E-state index in [1.807, 2.05) is 0 Å². The lowest BCUT2D eigenvalue weighted by atomic mass is 9.95. The van der Waals surface area contributed by atoms with E-state index < -0.39 is 86.2 Å². The summed E-state index contributed by atoms with van der Waals surface area (Å²) in [6, 6.07) is 6.83. The first-order valence-electron chi connectivity index (χ1n) is 13.0. The lowest BCUT2D eigenvalue weighted by Gasteiger charge is -2.42. The average molecular weight is 597 g/mol. The Morgan fingerprint density at radius 1 is 1.02 bits per heavy atom. The van der Waals surface area contributed by atoms with Crippen LogP contribution in [0.5, 0.6) is 28.7 Å². The number of carbonyl (C=O) groups excluding carboxylic acids is 1. The zero-order valence-corrected chi connectivity index (χ0v) is 22.3. The number of hydrogen-bond acceptors (Lipinski definition) is 15. The van der Waals surface area contributed by atoms with E-state index in [0.717, 1.165) is 6.07 Å². The number of Topliss-reactive ketones (excluding diaryl/α,β-unsaturated/α-hetero) is 1. The van der Waals surface area contributed by atoms with Crippen molar-refractivity contribution >= 4 is 5.78 Å². The molecule has 0 unspecified atom stereocenters. The average Bonchev–Trinajstić information content (AvgIpc) is 3.25. The molecule has 0 spiro atoms. The summed E-state index contributed by atoms with van der Waals surface area (Å²) in [5.74, 6) is -1.02. The molecule has 3 aliphatic rings. The molecule has 3 heterocycles. The smallest absolute Gasteiger partial charge is 0.229 e. The van der Waals surface area contributed by atoms with Crippen molar-refractivity contribution in [2.45, 2.75) is 61.2 Å². The Hall–Kier alpha value is -3.25. The number of rotatable bonds is 8. The topological polar surface area (TPSA) is 234 Å². The lowest BCUT2D eigenvalue weighted by molar-refractivity contribution is -0.318. The number of phenolic OH excluding ortho intramolecular Hbond substituents is 2. The normalized spacial score (nSPS) is 34.5. The fourth-order valence-electron chi connectivity index (χ4n) is 5.06. The summed E-state index contributed by atoms with van der Waals surface area (Å²) < 4.78 is 33.4. The van der Waals surface area contributed by atoms with Gasteiger partial charge in [-0.1, -0.05) is 6.07 Å². The third-order valence-electron chi connectivity index (χ3n) is 7.50. The quantitative estimate of drug-likeness (QED) is 0.172. The minimum absolute atomic E-state index is 0.0478. The largest absolute Gasteiger partial charge is 0.507 e. The van der Waals surface area contributed by atoms with Gasteiger partial charge in [-0.25, -0.2) is 0 Å². The van der Waals surface area contributed by atoms with Gasteiger partial charge in [0.25, 0.3) is 0 Å². The first kappa shape index (κ1) is 30.2. The number of methoxy groups -OCH3 is 1. The fourth-order valence-corrected chi connectivity index (χ4v) is 5.06. The molecule has 5 rings (SSSR count). The van der Waals surface area contributed by atoms with Crippen LogP contribution in [0.4, 0.5) is 0 Å². The number of hydrogen-bond donors (Lipinski definition) is 8. The molecule has 0 amide bonds. The Kier molecular flexibility index (Phi) is 8.48. The summed E-state index contributed by atoms with van der Waals surface area (Å²) in [6.45, 7) is -2.06. The van der Waals surface area contributed by atoms with Gasteiger partial charge >= 0.3 is 0 Å². The summed E-state index contributed by atoms with van der Waals surface area (Å²) in [7, 11) is 1.37. The fraction of sp³-hybridized carbons (Fsp3) is 0.519. The molecule has 230 valence electrons. The molecule has 9 atom stereocenters. The second-order valence-electron chi connectivity index (χ2n) is 10.3. The molecule has 0 saturated carbocycles. The third-order valence-corrected chi connectivity index (χ3v) is 7.50. The number of ketones is 1. The first-order valence-corrected chi connectivity index (χ1v) is 13.0. The standard InChI is InChI=1S/C27H32O15/c1-37-17-4-11(2-3-13(17)30)16-7-15(32)20-14(31)5-12(6-18(20)40-16)39-25-23(22(34)21(33)19(8-28)41-25)42-26-24(35)27(36,9-29)10-38-26/h2-6,16,19,21-26,28-31,33-36H,7-10H2,1H3/t16-,19-,21+,22-,23-,24+,25+,26+,27-/m1/s1. The summed E-state index contributed by atoms with van der Waals surface area (Å²) in [5, 5.41) is 81.5. The molecule has 8 N–H and O–H groups in total. The number of ether oxygens (including phenoxy) is 6. The van der Waals surface area contributed by atoms with Gasteiger partial charge in [0.1, 0.15) is 58.9 Å². The minimum Gasteiger partial charge on any atom is -0.507 e. The third kappa shape index (κ3) is 5.46. The van der Waals surface area contributed by atoms with Gasteiger partial charge in [0.2, 0.25) is 6.29 Å². The Balaban J connectivity index is 1.41. The number of aromatic hydroxyl groups is 2. The van der Waals surface area contributed by atoms with Crippen molar-refractivity contribution in [3.63, 3.8) is 0 Å². The molecule has 15 nitrogen and oxygen atoms in total. The number of aliphatic hydroxyl groups is 6. The van der Waals surface area contributed by atoms with E-state index in [2.05, 4.69) is 0 Å². The van der Waals surface area contributed by atoms with Crippen molar-refractivity contribution in [1.82, 2.24) is 0 Å². The maximum atomic E-state index is 13.0. The van der Waals surface area contributed by atoms with Crippen LogP contribution in [-0.4, -0.2) is 122 Å². The molecule has 2 fully saturated rings. The van der Waals surface area contributed by atoms with Crippen LogP contribution in [0, 0.1) is 0 Å². The number of fused-ring (bicyclic) bond motifs is 1. The van der Waals surface area contributed by atoms with Crippen LogP contribution in [0.3, 0.4) is 0 Å². The van der Waals surface area contributed by atoms with E-state index >= 15 is 0 Å². The van der Waals surface area contributed by atoms with Crippen molar-refractivity contribution in [1.29, 1.82) is 0 Å². The molecule has 2 aromatic rings. The lowest BCUT2D eigenvalue weighted by Crippen LogP contribution is -2.62. The second-order valence-corrected chi connectivity index (χ2v) is 10.3. The van der Waals surface area contributed by atoms with Crippen molar-refractivity contribution in [2.24, 2.45) is 0 Å². The summed E-state index contributed by atoms with van der Waals surface area (Å²) in [4.78, 5) is 13.0. The highest BCUT2D eigenvalue weighted by molar-refractivity contribution is 6.02. The maximum Gasteiger partial charge on any atom is 0.229 e. The summed E-state index contributed by atoms with van der Waals surface area (Å²) >= 11 is 0. The van der Waals surface area contributed by atoms with Crippen molar-refractivity contribution in [3.8, 4) is 28.7 Å². The van der Waals surface area contributed by atoms with E-state index in [1.54, 1.807) is 6.07 Å². The van der Waals surface area contributed by atoms with Crippen LogP contribution in [-0.2, 0) is 14.2 Å². The summed E-state index contributed by atoms with van der Waals surface area (Å²) in [5.41, 5.74) is -1.63. The molecule has 0 aliphatic carbocycles. The van der Waals surface area contributed by atoms with E-state index in [1.165, 1.54) is 25.3 Å². The molecule has 0 bridgehead atoms. The van der Waals surface area contributed by atoms with E-state index in [-0.39, 0.29) is 35.0 Å². The molecule has 0 radical (unpaired) electrons. The van der Waals surface area contributed by atoms with Crippen molar-refractivity contribution in [3.05, 3.63) is 41.5 Å². The van der Waals surface area contributed by atoms with Crippen LogP contribution in [0.1, 0.15) is 28.4 Å². The maximum absolute atomic E-state index is 13.0. The second kappa shape index (κ2) is 11.8. The molecule has 0 aromatic heterocycles. The Morgan fingerprint density at radius 2 is 1.79 bits per heavy atom. The van der Waals surface area contributed by atoms with Crippen LogP contribution in [0.25, 0.3) is 0 Å². The van der Waals surface area contributed by atoms with E-state index in [9.17, 15) is 45.6 Å². The number of phenols is 2. The molecule has 15 heteroatoms. The van der Waals surface area contributed by atoms with Gasteiger partial charge in [-0.2, -0.15) is 0 Å². The van der Waals surface area contributed by atoms with Crippen LogP contribution in [0.2, 0.25) is 0 Å². The van der Waals surface area contributed by atoms with Crippen molar-refractivity contribution in [2.75, 3.05) is 26.9 Å². The van der Waals surface area contributed by atoms with Gasteiger partial charge in [0, 0.05) is 12.1 Å². The SMILES string of the molecule is COc1cc([C@H]2CC(=O)c3c(O)cc(O[C@H]4O[C@H](CO)[C@H](O)[C@@H](O)[C@H]4O[C@@H]4OC[C@](O)(CO)[C@H]4O)cc3O2)ccc1O. The van der Waals surface area contributed by atoms with Crippen LogP contribution < -0.4 is 14.2 Å². The Labute approximate surface area is 238 Å². The Bertz CT molecular complexity index is 1300. The molecule has 3 aliphatic heterocycles. The van der Waals surface area contributed by atoms with Gasteiger partial charge in [0.05, 0.1) is 33.4 Å². The van der Waals surface area contributed by atoms with Crippen LogP contribution >= 0.6 is 0 Å². The monoisotopic (exact) mass is 596 g/mol. The highest BCUT2D eigenvalue weighted by atomic mass is 16.8. The van der Waals surface area contributed by atoms with Gasteiger partial charge in [-0.15, -0.1) is 0 Å².